The van der Waals surface area contributed by atoms with Crippen LogP contribution in [0.1, 0.15) is 0 Å². The highest BCUT2D eigenvalue weighted by Crippen LogP contribution is 2.34. The van der Waals surface area contributed by atoms with E-state index in [1.54, 1.807) is 18.2 Å². The van der Waals surface area contributed by atoms with Gasteiger partial charge in [-0.25, -0.2) is 9.78 Å². The summed E-state index contributed by atoms with van der Waals surface area (Å²) < 4.78 is 6.22. The van der Waals surface area contributed by atoms with Gasteiger partial charge in [-0.3, -0.25) is 0 Å². The first-order valence-corrected chi connectivity index (χ1v) is 9.64. The summed E-state index contributed by atoms with van der Waals surface area (Å²) in [4.78, 5) is 17.4. The number of rotatable bonds is 5. The highest BCUT2D eigenvalue weighted by molar-refractivity contribution is 8.76. The normalized spacial score (nSPS) is 10.5. The molecule has 0 saturated heterocycles. The third-order valence-corrected chi connectivity index (χ3v) is 5.49. The first kappa shape index (κ1) is 17.7. The zero-order chi connectivity index (χ0) is 17.6. The second kappa shape index (κ2) is 8.28. The number of methoxy groups -OCH3 is 1. The van der Waals surface area contributed by atoms with Crippen molar-refractivity contribution in [2.45, 2.75) is 10.1 Å². The van der Waals surface area contributed by atoms with Crippen LogP contribution in [-0.2, 0) is 0 Å². The number of carbonyl (C=O) groups is 1. The van der Waals surface area contributed by atoms with E-state index in [1.165, 1.54) is 35.0 Å². The van der Waals surface area contributed by atoms with Gasteiger partial charge in [0.15, 0.2) is 0 Å². The molecule has 3 rings (SSSR count). The molecule has 3 aromatic rings. The van der Waals surface area contributed by atoms with Gasteiger partial charge in [0.05, 0.1) is 12.1 Å². The fraction of sp³-hybridized carbons (Fsp3) is 0.0625. The molecule has 25 heavy (non-hydrogen) atoms. The standard InChI is InChI=1S/C16H13ClN4O2S2/c1-23-14-8-7-11(9-13(14)17)19-16(22)21-10-18-15(20-21)25-24-12-5-3-2-4-6-12/h2-10H,1H3,(H,19,22). The van der Waals surface area contributed by atoms with Crippen molar-refractivity contribution in [3.8, 4) is 5.75 Å². The Labute approximate surface area is 157 Å². The van der Waals surface area contributed by atoms with Crippen molar-refractivity contribution in [2.24, 2.45) is 0 Å². The van der Waals surface area contributed by atoms with E-state index in [0.29, 0.717) is 21.6 Å². The van der Waals surface area contributed by atoms with Crippen molar-refractivity contribution in [1.29, 1.82) is 0 Å². The smallest absolute Gasteiger partial charge is 0.348 e. The van der Waals surface area contributed by atoms with E-state index >= 15 is 0 Å². The van der Waals surface area contributed by atoms with Crippen LogP contribution in [0.3, 0.4) is 0 Å². The van der Waals surface area contributed by atoms with Crippen LogP contribution in [0.4, 0.5) is 10.5 Å². The molecule has 2 aromatic carbocycles. The number of aromatic nitrogens is 3. The number of anilines is 1. The molecule has 0 fully saturated rings. The zero-order valence-corrected chi connectivity index (χ0v) is 15.4. The van der Waals surface area contributed by atoms with E-state index in [0.717, 1.165) is 9.58 Å². The monoisotopic (exact) mass is 392 g/mol. The molecule has 0 saturated carbocycles. The van der Waals surface area contributed by atoms with Gasteiger partial charge in [-0.15, -0.1) is 5.10 Å². The maximum absolute atomic E-state index is 12.2. The van der Waals surface area contributed by atoms with Crippen LogP contribution >= 0.6 is 33.2 Å². The van der Waals surface area contributed by atoms with Gasteiger partial charge in [-0.1, -0.05) is 29.8 Å². The van der Waals surface area contributed by atoms with Gasteiger partial charge in [0.2, 0.25) is 5.16 Å². The molecule has 0 aliphatic carbocycles. The number of nitrogens with one attached hydrogen (secondary N) is 1. The third-order valence-electron chi connectivity index (χ3n) is 3.04. The summed E-state index contributed by atoms with van der Waals surface area (Å²) in [6.07, 6.45) is 1.37. The fourth-order valence-corrected chi connectivity index (χ4v) is 3.85. The number of hydrogen-bond acceptors (Lipinski definition) is 6. The van der Waals surface area contributed by atoms with E-state index in [2.05, 4.69) is 15.4 Å². The lowest BCUT2D eigenvalue weighted by molar-refractivity contribution is 0.250. The maximum Gasteiger partial charge on any atom is 0.348 e. The minimum atomic E-state index is -0.426. The lowest BCUT2D eigenvalue weighted by Crippen LogP contribution is -2.19. The SMILES string of the molecule is COc1ccc(NC(=O)n2cnc(SSc3ccccc3)n2)cc1Cl. The summed E-state index contributed by atoms with van der Waals surface area (Å²) in [5, 5.41) is 7.77. The Morgan fingerprint density at radius 2 is 2.00 bits per heavy atom. The lowest BCUT2D eigenvalue weighted by atomic mass is 10.3. The highest BCUT2D eigenvalue weighted by Gasteiger charge is 2.11. The Bertz CT molecular complexity index is 874. The summed E-state index contributed by atoms with van der Waals surface area (Å²) in [6.45, 7) is 0. The number of carbonyl (C=O) groups excluding carboxylic acids is 1. The Balaban J connectivity index is 1.61. The molecule has 0 atom stereocenters. The van der Waals surface area contributed by atoms with E-state index < -0.39 is 6.03 Å². The number of benzene rings is 2. The lowest BCUT2D eigenvalue weighted by Gasteiger charge is -2.07. The molecular weight excluding hydrogens is 380 g/mol. The number of hydrogen-bond donors (Lipinski definition) is 1. The summed E-state index contributed by atoms with van der Waals surface area (Å²) in [5.41, 5.74) is 0.541. The number of halogens is 1. The first-order valence-electron chi connectivity index (χ1n) is 7.12. The van der Waals surface area contributed by atoms with Gasteiger partial charge in [-0.2, -0.15) is 4.68 Å². The Hall–Kier alpha value is -2.16. The average Bonchev–Trinajstić information content (AvgIpc) is 3.10. The number of amides is 1. The second-order valence-electron chi connectivity index (χ2n) is 4.73. The molecule has 0 aliphatic rings. The van der Waals surface area contributed by atoms with Crippen LogP contribution in [0.2, 0.25) is 5.02 Å². The molecule has 0 spiro atoms. The van der Waals surface area contributed by atoms with Gasteiger partial charge >= 0.3 is 6.03 Å². The number of ether oxygens (including phenoxy) is 1. The maximum atomic E-state index is 12.2. The topological polar surface area (TPSA) is 69.0 Å². The first-order chi connectivity index (χ1) is 12.2. The molecule has 0 aliphatic heterocycles. The van der Waals surface area contributed by atoms with Crippen molar-refractivity contribution in [3.63, 3.8) is 0 Å². The Morgan fingerprint density at radius 3 is 2.72 bits per heavy atom. The third kappa shape index (κ3) is 4.68. The summed E-state index contributed by atoms with van der Waals surface area (Å²) in [7, 11) is 4.43. The van der Waals surface area contributed by atoms with Gasteiger partial charge < -0.3 is 10.1 Å². The van der Waals surface area contributed by atoms with Crippen LogP contribution in [-0.4, -0.2) is 27.9 Å². The van der Waals surface area contributed by atoms with Crippen molar-refractivity contribution in [2.75, 3.05) is 12.4 Å². The molecule has 128 valence electrons. The quantitative estimate of drug-likeness (QED) is 0.628. The van der Waals surface area contributed by atoms with Gasteiger partial charge in [0, 0.05) is 10.6 Å². The molecule has 0 radical (unpaired) electrons. The van der Waals surface area contributed by atoms with E-state index in [4.69, 9.17) is 16.3 Å². The summed E-state index contributed by atoms with van der Waals surface area (Å²) in [6, 6.07) is 14.4. The molecular formula is C16H13ClN4O2S2. The minimum absolute atomic E-state index is 0.411. The summed E-state index contributed by atoms with van der Waals surface area (Å²) >= 11 is 6.05. The fourth-order valence-electron chi connectivity index (χ4n) is 1.87. The highest BCUT2D eigenvalue weighted by atomic mass is 35.5. The van der Waals surface area contributed by atoms with Crippen molar-refractivity contribution >= 4 is 44.9 Å². The largest absolute Gasteiger partial charge is 0.495 e. The van der Waals surface area contributed by atoms with Gasteiger partial charge in [0.1, 0.15) is 12.1 Å². The van der Waals surface area contributed by atoms with Gasteiger partial charge in [-0.05, 0) is 51.9 Å². The van der Waals surface area contributed by atoms with Crippen LogP contribution in [0.5, 0.6) is 5.75 Å². The molecule has 0 bridgehead atoms. The Kier molecular flexibility index (Phi) is 5.85. The molecule has 1 aromatic heterocycles. The summed E-state index contributed by atoms with van der Waals surface area (Å²) in [5.74, 6) is 0.539. The minimum Gasteiger partial charge on any atom is -0.495 e. The van der Waals surface area contributed by atoms with Crippen LogP contribution < -0.4 is 10.1 Å². The molecule has 1 amide bonds. The molecule has 9 heteroatoms. The predicted molar refractivity (Wildman–Crippen MR) is 101 cm³/mol. The van der Waals surface area contributed by atoms with Crippen molar-refractivity contribution in [1.82, 2.24) is 14.8 Å². The van der Waals surface area contributed by atoms with Crippen LogP contribution in [0.15, 0.2) is 64.9 Å². The van der Waals surface area contributed by atoms with E-state index in [1.807, 2.05) is 30.3 Å². The predicted octanol–water partition coefficient (Wildman–Crippen LogP) is 4.82. The number of nitrogens with zero attached hydrogens (tertiary/aromatic N) is 3. The van der Waals surface area contributed by atoms with Gasteiger partial charge in [0.25, 0.3) is 0 Å². The molecule has 0 unspecified atom stereocenters. The van der Waals surface area contributed by atoms with Crippen LogP contribution in [0, 0.1) is 0 Å². The van der Waals surface area contributed by atoms with Crippen molar-refractivity contribution < 1.29 is 9.53 Å². The zero-order valence-electron chi connectivity index (χ0n) is 13.0. The Morgan fingerprint density at radius 1 is 1.20 bits per heavy atom. The van der Waals surface area contributed by atoms with E-state index in [9.17, 15) is 4.79 Å². The van der Waals surface area contributed by atoms with Crippen LogP contribution in [0.25, 0.3) is 0 Å². The van der Waals surface area contributed by atoms with Crippen molar-refractivity contribution in [3.05, 3.63) is 59.9 Å². The second-order valence-corrected chi connectivity index (χ2v) is 7.31. The van der Waals surface area contributed by atoms with E-state index in [-0.39, 0.29) is 0 Å². The molecule has 1 N–H and O–H groups in total. The average molecular weight is 393 g/mol. The molecule has 1 heterocycles. The molecule has 6 nitrogen and oxygen atoms in total.